The first-order valence-electron chi connectivity index (χ1n) is 15.7. The molecule has 3 aromatic heterocycles. The molecule has 5 aromatic carbocycles. The molecule has 11 heteroatoms. The van der Waals surface area contributed by atoms with Crippen molar-refractivity contribution >= 4 is 21.8 Å². The Labute approximate surface area is 286 Å². The number of nitrogens with zero attached hydrogens (tertiary/aromatic N) is 5. The predicted octanol–water partition coefficient (Wildman–Crippen LogP) is 11.1. The number of hydrogen-bond donors (Lipinski definition) is 0. The second-order valence-electron chi connectivity index (χ2n) is 11.8. The topological polar surface area (TPSA) is 56.5 Å². The molecule has 51 heavy (non-hydrogen) atoms. The van der Waals surface area contributed by atoms with E-state index in [1.165, 1.54) is 16.7 Å². The van der Waals surface area contributed by atoms with E-state index >= 15 is 0 Å². The summed E-state index contributed by atoms with van der Waals surface area (Å²) in [6.07, 6.45) is -7.79. The predicted molar refractivity (Wildman–Crippen MR) is 184 cm³/mol. The van der Waals surface area contributed by atoms with Gasteiger partial charge in [0, 0.05) is 39.2 Å². The molecule has 5 nitrogen and oxygen atoms in total. The Morgan fingerprint density at radius 3 is 1.45 bits per heavy atom. The summed E-state index contributed by atoms with van der Waals surface area (Å²) in [5.41, 5.74) is 1.42. The average molecular weight is 688 g/mol. The van der Waals surface area contributed by atoms with Crippen LogP contribution >= 0.6 is 0 Å². The van der Waals surface area contributed by atoms with Crippen molar-refractivity contribution < 1.29 is 26.3 Å². The molecule has 0 unspecified atom stereocenters. The minimum absolute atomic E-state index is 0.0617. The third kappa shape index (κ3) is 5.96. The lowest BCUT2D eigenvalue weighted by atomic mass is 10.0. The van der Waals surface area contributed by atoms with Crippen LogP contribution in [-0.2, 0) is 12.4 Å². The van der Waals surface area contributed by atoms with Crippen molar-refractivity contribution in [2.24, 2.45) is 0 Å². The number of rotatable bonds is 5. The second kappa shape index (κ2) is 12.2. The Morgan fingerprint density at radius 1 is 0.451 bits per heavy atom. The smallest absolute Gasteiger partial charge is 0.308 e. The Balaban J connectivity index is 1.49. The van der Waals surface area contributed by atoms with Crippen LogP contribution < -0.4 is 0 Å². The van der Waals surface area contributed by atoms with Crippen molar-refractivity contribution in [3.63, 3.8) is 0 Å². The average Bonchev–Trinajstić information content (AvgIpc) is 3.48. The quantitative estimate of drug-likeness (QED) is 0.169. The van der Waals surface area contributed by atoms with Gasteiger partial charge in [-0.25, -0.2) is 15.0 Å². The number of fused-ring (bicyclic) bond motifs is 3. The lowest BCUT2D eigenvalue weighted by molar-refractivity contribution is -0.138. The van der Waals surface area contributed by atoms with Crippen molar-refractivity contribution in [1.82, 2.24) is 24.5 Å². The zero-order valence-electron chi connectivity index (χ0n) is 26.3. The summed E-state index contributed by atoms with van der Waals surface area (Å²) in [7, 11) is 0. The molecule has 8 rings (SSSR count). The van der Waals surface area contributed by atoms with Crippen LogP contribution in [0.15, 0.2) is 140 Å². The molecule has 0 atom stereocenters. The molecule has 0 amide bonds. The summed E-state index contributed by atoms with van der Waals surface area (Å²) < 4.78 is 86.2. The normalized spacial score (nSPS) is 12.1. The van der Waals surface area contributed by atoms with Crippen molar-refractivity contribution in [2.45, 2.75) is 12.4 Å². The molecule has 0 N–H and O–H groups in total. The standard InChI is InChI=1S/C40H23F6N5/c41-39(42,43)27-15-17-29-30-18-16-28(40(44,45)46)23-35(30)51(34(29)22-27)33-19-14-26(32-13-7-8-20-47-32)21-31(33)38-49-36(24-9-3-1-4-10-24)48-37(50-38)25-11-5-2-6-12-25/h1-23H. The van der Waals surface area contributed by atoms with E-state index in [2.05, 4.69) is 4.98 Å². The van der Waals surface area contributed by atoms with Crippen LogP contribution in [0.1, 0.15) is 11.1 Å². The minimum atomic E-state index is -4.71. The maximum atomic E-state index is 14.1. The Kier molecular flexibility index (Phi) is 7.63. The maximum absolute atomic E-state index is 14.1. The Bertz CT molecular complexity index is 2420. The zero-order chi connectivity index (χ0) is 35.3. The third-order valence-electron chi connectivity index (χ3n) is 8.56. The molecular formula is C40H23F6N5. The Hall–Kier alpha value is -6.36. The minimum Gasteiger partial charge on any atom is -0.308 e. The van der Waals surface area contributed by atoms with Gasteiger partial charge in [0.15, 0.2) is 17.5 Å². The number of benzene rings is 5. The number of hydrogen-bond acceptors (Lipinski definition) is 4. The fraction of sp³-hybridized carbons (Fsp3) is 0.0500. The summed E-state index contributed by atoms with van der Waals surface area (Å²) in [6, 6.07) is 35.2. The third-order valence-corrected chi connectivity index (χ3v) is 8.56. The fourth-order valence-corrected chi connectivity index (χ4v) is 6.16. The van der Waals surface area contributed by atoms with Gasteiger partial charge in [-0.1, -0.05) is 84.9 Å². The van der Waals surface area contributed by atoms with Crippen LogP contribution in [0.3, 0.4) is 0 Å². The molecule has 0 spiro atoms. The molecule has 0 aliphatic heterocycles. The van der Waals surface area contributed by atoms with Gasteiger partial charge in [0.1, 0.15) is 0 Å². The fourth-order valence-electron chi connectivity index (χ4n) is 6.16. The molecule has 8 aromatic rings. The van der Waals surface area contributed by atoms with E-state index in [-0.39, 0.29) is 22.5 Å². The van der Waals surface area contributed by atoms with Gasteiger partial charge in [-0.3, -0.25) is 4.98 Å². The van der Waals surface area contributed by atoms with Crippen LogP contribution in [0.5, 0.6) is 0 Å². The van der Waals surface area contributed by atoms with Crippen LogP contribution in [0, 0.1) is 0 Å². The lowest BCUT2D eigenvalue weighted by Gasteiger charge is -2.17. The number of halogens is 6. The van der Waals surface area contributed by atoms with E-state index in [9.17, 15) is 26.3 Å². The molecule has 0 aliphatic carbocycles. The zero-order valence-corrected chi connectivity index (χ0v) is 26.3. The highest BCUT2D eigenvalue weighted by atomic mass is 19.4. The van der Waals surface area contributed by atoms with Gasteiger partial charge in [-0.15, -0.1) is 0 Å². The van der Waals surface area contributed by atoms with Crippen molar-refractivity contribution in [2.75, 3.05) is 0 Å². The van der Waals surface area contributed by atoms with Crippen LogP contribution in [0.4, 0.5) is 26.3 Å². The summed E-state index contributed by atoms with van der Waals surface area (Å²) in [5.74, 6) is 0.814. The molecule has 250 valence electrons. The Morgan fingerprint density at radius 2 is 0.961 bits per heavy atom. The monoisotopic (exact) mass is 687 g/mol. The van der Waals surface area contributed by atoms with Gasteiger partial charge >= 0.3 is 12.4 Å². The number of alkyl halides is 6. The highest BCUT2D eigenvalue weighted by Crippen LogP contribution is 2.42. The van der Waals surface area contributed by atoms with Gasteiger partial charge in [0.05, 0.1) is 33.5 Å². The molecule has 0 radical (unpaired) electrons. The van der Waals surface area contributed by atoms with E-state index in [4.69, 9.17) is 15.0 Å². The molecule has 0 saturated heterocycles. The molecule has 0 bridgehead atoms. The van der Waals surface area contributed by atoms with Gasteiger partial charge in [0.25, 0.3) is 0 Å². The number of aromatic nitrogens is 5. The molecule has 0 aliphatic rings. The van der Waals surface area contributed by atoms with Crippen molar-refractivity contribution in [3.8, 4) is 51.1 Å². The molecule has 0 saturated carbocycles. The first kappa shape index (κ1) is 31.9. The summed E-state index contributed by atoms with van der Waals surface area (Å²) in [5, 5.41) is 0.689. The highest BCUT2D eigenvalue weighted by Gasteiger charge is 2.33. The lowest BCUT2D eigenvalue weighted by Crippen LogP contribution is -2.07. The van der Waals surface area contributed by atoms with Crippen LogP contribution in [-0.4, -0.2) is 24.5 Å². The first-order chi connectivity index (χ1) is 24.5. The van der Waals surface area contributed by atoms with E-state index in [1.54, 1.807) is 36.5 Å². The summed E-state index contributed by atoms with van der Waals surface area (Å²) in [6.45, 7) is 0. The van der Waals surface area contributed by atoms with Crippen LogP contribution in [0.2, 0.25) is 0 Å². The second-order valence-corrected chi connectivity index (χ2v) is 11.8. The first-order valence-corrected chi connectivity index (χ1v) is 15.7. The van der Waals surface area contributed by atoms with Crippen molar-refractivity contribution in [3.05, 3.63) is 151 Å². The maximum Gasteiger partial charge on any atom is 0.416 e. The van der Waals surface area contributed by atoms with Gasteiger partial charge in [-0.2, -0.15) is 26.3 Å². The number of pyridine rings is 1. The van der Waals surface area contributed by atoms with Crippen LogP contribution in [0.25, 0.3) is 72.9 Å². The SMILES string of the molecule is FC(F)(F)c1ccc2c3ccc(C(F)(F)F)cc3n(-c3ccc(-c4ccccn4)cc3-c3nc(-c4ccccc4)nc(-c4ccccc4)n3)c2c1. The van der Waals surface area contributed by atoms with Gasteiger partial charge in [0.2, 0.25) is 0 Å². The highest BCUT2D eigenvalue weighted by molar-refractivity contribution is 6.10. The molecule has 0 fully saturated rings. The summed E-state index contributed by atoms with van der Waals surface area (Å²) in [4.78, 5) is 19.0. The largest absolute Gasteiger partial charge is 0.416 e. The van der Waals surface area contributed by atoms with E-state index in [1.807, 2.05) is 66.7 Å². The van der Waals surface area contributed by atoms with E-state index in [0.717, 1.165) is 24.3 Å². The van der Waals surface area contributed by atoms with Gasteiger partial charge in [-0.05, 0) is 48.5 Å². The van der Waals surface area contributed by atoms with Crippen molar-refractivity contribution in [1.29, 1.82) is 0 Å². The molecule has 3 heterocycles. The van der Waals surface area contributed by atoms with Gasteiger partial charge < -0.3 is 4.57 Å². The van der Waals surface area contributed by atoms with E-state index in [0.29, 0.717) is 50.4 Å². The van der Waals surface area contributed by atoms with E-state index < -0.39 is 23.5 Å². The molecular weight excluding hydrogens is 664 g/mol. The summed E-state index contributed by atoms with van der Waals surface area (Å²) >= 11 is 0.